The number of likely N-dealkylation sites (N-methyl/N-ethyl adjacent to an activating group) is 1. The molecule has 1 aromatic rings. The number of fused-ring (bicyclic) bond motifs is 3. The number of aliphatic hydroxyl groups is 2. The van der Waals surface area contributed by atoms with Crippen molar-refractivity contribution in [3.63, 3.8) is 0 Å². The molecular formula is C23H25N3O7. The summed E-state index contributed by atoms with van der Waals surface area (Å²) in [5.74, 6) is -5.84. The van der Waals surface area contributed by atoms with Crippen molar-refractivity contribution in [2.24, 2.45) is 17.4 Å². The molecule has 0 aliphatic heterocycles. The highest BCUT2D eigenvalue weighted by Crippen LogP contribution is 2.52. The molecule has 3 aliphatic carbocycles. The van der Waals surface area contributed by atoms with Crippen molar-refractivity contribution < 1.29 is 34.5 Å². The van der Waals surface area contributed by atoms with Crippen LogP contribution in [0.25, 0.3) is 0 Å². The van der Waals surface area contributed by atoms with E-state index in [1.165, 1.54) is 25.1 Å². The molecule has 0 saturated heterocycles. The molecule has 0 fully saturated rings. The Labute approximate surface area is 189 Å². The topological polar surface area (TPSA) is 184 Å². The van der Waals surface area contributed by atoms with Gasteiger partial charge in [-0.15, -0.1) is 0 Å². The number of phenols is 1. The Kier molecular flexibility index (Phi) is 4.90. The molecular weight excluding hydrogens is 430 g/mol. The number of hydrogen-bond acceptors (Lipinski definition) is 9. The van der Waals surface area contributed by atoms with E-state index in [1.54, 1.807) is 19.0 Å². The first-order chi connectivity index (χ1) is 15.3. The van der Waals surface area contributed by atoms with Gasteiger partial charge in [-0.3, -0.25) is 19.2 Å². The van der Waals surface area contributed by atoms with Crippen LogP contribution in [0.3, 0.4) is 0 Å². The first kappa shape index (κ1) is 22.8. The summed E-state index contributed by atoms with van der Waals surface area (Å²) in [6, 6.07) is 1.86. The van der Waals surface area contributed by atoms with Crippen molar-refractivity contribution in [3.05, 3.63) is 51.8 Å². The van der Waals surface area contributed by atoms with E-state index in [4.69, 9.17) is 11.5 Å². The molecule has 7 N–H and O–H groups in total. The SMILES string of the molecule is CC(=O)c1ccc(O)c2c1C[C@@]1(N)C[C@H]3[C@H](N(C)C)C=C(C(N)=O)C(=O)[C@@]3(O)C(O)=C1C2=O. The van der Waals surface area contributed by atoms with Gasteiger partial charge in [-0.25, -0.2) is 0 Å². The van der Waals surface area contributed by atoms with Crippen molar-refractivity contribution in [3.8, 4) is 5.75 Å². The van der Waals surface area contributed by atoms with E-state index in [2.05, 4.69) is 0 Å². The van der Waals surface area contributed by atoms with E-state index < -0.39 is 63.2 Å². The lowest BCUT2D eigenvalue weighted by Crippen LogP contribution is -2.67. The highest BCUT2D eigenvalue weighted by Gasteiger charge is 2.64. The number of rotatable bonds is 3. The minimum absolute atomic E-state index is 0.0932. The lowest BCUT2D eigenvalue weighted by atomic mass is 9.56. The zero-order chi connectivity index (χ0) is 24.6. The van der Waals surface area contributed by atoms with Crippen LogP contribution in [-0.2, 0) is 16.0 Å². The third-order valence-electron chi connectivity index (χ3n) is 7.04. The lowest BCUT2D eigenvalue weighted by Gasteiger charge is -2.52. The lowest BCUT2D eigenvalue weighted by molar-refractivity contribution is -0.146. The van der Waals surface area contributed by atoms with Gasteiger partial charge >= 0.3 is 0 Å². The second-order valence-electron chi connectivity index (χ2n) is 9.23. The number of ketones is 3. The maximum absolute atomic E-state index is 13.5. The normalized spacial score (nSPS) is 31.0. The third-order valence-corrected chi connectivity index (χ3v) is 7.04. The second-order valence-corrected chi connectivity index (χ2v) is 9.23. The summed E-state index contributed by atoms with van der Waals surface area (Å²) < 4.78 is 0. The number of nitrogens with zero attached hydrogens (tertiary/aromatic N) is 1. The Morgan fingerprint density at radius 2 is 1.82 bits per heavy atom. The number of phenolic OH excluding ortho intramolecular Hbond substituents is 1. The number of primary amides is 1. The van der Waals surface area contributed by atoms with E-state index in [1.807, 2.05) is 0 Å². The van der Waals surface area contributed by atoms with E-state index in [9.17, 15) is 34.5 Å². The molecule has 4 rings (SSSR count). The van der Waals surface area contributed by atoms with Crippen molar-refractivity contribution in [2.75, 3.05) is 14.1 Å². The Morgan fingerprint density at radius 1 is 1.18 bits per heavy atom. The van der Waals surface area contributed by atoms with Gasteiger partial charge in [0.1, 0.15) is 11.5 Å². The molecule has 0 bridgehead atoms. The predicted octanol–water partition coefficient (Wildman–Crippen LogP) is -0.481. The van der Waals surface area contributed by atoms with E-state index in [0.717, 1.165) is 0 Å². The molecule has 174 valence electrons. The molecule has 10 nitrogen and oxygen atoms in total. The first-order valence-corrected chi connectivity index (χ1v) is 10.3. The Hall–Kier alpha value is -3.34. The monoisotopic (exact) mass is 455 g/mol. The highest BCUT2D eigenvalue weighted by atomic mass is 16.3. The van der Waals surface area contributed by atoms with Crippen LogP contribution in [0.4, 0.5) is 0 Å². The summed E-state index contributed by atoms with van der Waals surface area (Å²) in [6.45, 7) is 1.32. The molecule has 0 saturated carbocycles. The van der Waals surface area contributed by atoms with Gasteiger partial charge in [-0.05, 0) is 51.6 Å². The standard InChI is InChI=1S/C23H25N3O7/c1-9(27)10-4-5-15(28)16-12(10)7-22(25)8-13-14(26(2)3)6-11(21(24)32)19(30)23(13,33)20(31)17(22)18(16)29/h4-6,13-14,28,31,33H,7-8,25H2,1-3H3,(H2,24,32)/t13-,14+,22+,23+/m0/s1. The zero-order valence-corrected chi connectivity index (χ0v) is 18.4. The molecule has 0 heterocycles. The third kappa shape index (κ3) is 2.91. The summed E-state index contributed by atoms with van der Waals surface area (Å²) in [5.41, 5.74) is 7.16. The van der Waals surface area contributed by atoms with E-state index in [0.29, 0.717) is 0 Å². The van der Waals surface area contributed by atoms with Gasteiger partial charge in [-0.1, -0.05) is 6.08 Å². The van der Waals surface area contributed by atoms with Gasteiger partial charge in [0.15, 0.2) is 17.2 Å². The molecule has 0 spiro atoms. The van der Waals surface area contributed by atoms with Crippen molar-refractivity contribution >= 4 is 23.3 Å². The number of hydrogen-bond donors (Lipinski definition) is 5. The quantitative estimate of drug-likeness (QED) is 0.296. The van der Waals surface area contributed by atoms with Crippen LogP contribution in [0.5, 0.6) is 5.75 Å². The fourth-order valence-corrected chi connectivity index (χ4v) is 5.50. The number of carbonyl (C=O) groups is 4. The number of benzene rings is 1. The average Bonchev–Trinajstić information content (AvgIpc) is 2.69. The molecule has 3 aliphatic rings. The summed E-state index contributed by atoms with van der Waals surface area (Å²) in [5, 5.41) is 33.1. The minimum atomic E-state index is -2.62. The first-order valence-electron chi connectivity index (χ1n) is 10.3. The van der Waals surface area contributed by atoms with Gasteiger partial charge in [-0.2, -0.15) is 0 Å². The molecule has 0 radical (unpaired) electrons. The Balaban J connectivity index is 2.02. The number of Topliss-reactive ketones (excluding diaryl/α,β-unsaturated/α-hetero) is 3. The minimum Gasteiger partial charge on any atom is -0.508 e. The summed E-state index contributed by atoms with van der Waals surface area (Å²) in [7, 11) is 3.31. The van der Waals surface area contributed by atoms with Crippen LogP contribution in [0, 0.1) is 5.92 Å². The smallest absolute Gasteiger partial charge is 0.252 e. The molecule has 1 amide bonds. The largest absolute Gasteiger partial charge is 0.508 e. The van der Waals surface area contributed by atoms with Crippen LogP contribution in [-0.4, -0.2) is 74.8 Å². The fourth-order valence-electron chi connectivity index (χ4n) is 5.50. The van der Waals surface area contributed by atoms with E-state index >= 15 is 0 Å². The van der Waals surface area contributed by atoms with Gasteiger partial charge in [0.2, 0.25) is 5.78 Å². The molecule has 0 aromatic heterocycles. The van der Waals surface area contributed by atoms with Crippen LogP contribution in [0.2, 0.25) is 0 Å². The van der Waals surface area contributed by atoms with Crippen LogP contribution in [0.1, 0.15) is 39.6 Å². The fraction of sp³-hybridized carbons (Fsp3) is 0.391. The predicted molar refractivity (Wildman–Crippen MR) is 116 cm³/mol. The zero-order valence-electron chi connectivity index (χ0n) is 18.4. The van der Waals surface area contributed by atoms with E-state index in [-0.39, 0.29) is 35.3 Å². The highest BCUT2D eigenvalue weighted by molar-refractivity contribution is 6.24. The van der Waals surface area contributed by atoms with Crippen molar-refractivity contribution in [1.82, 2.24) is 4.90 Å². The van der Waals surface area contributed by atoms with Crippen LogP contribution >= 0.6 is 0 Å². The summed E-state index contributed by atoms with van der Waals surface area (Å²) >= 11 is 0. The Morgan fingerprint density at radius 3 is 2.36 bits per heavy atom. The van der Waals surface area contributed by atoms with Gasteiger partial charge in [0.05, 0.1) is 22.2 Å². The molecule has 0 unspecified atom stereocenters. The number of amides is 1. The number of carbonyl (C=O) groups excluding carboxylic acids is 4. The van der Waals surface area contributed by atoms with Crippen molar-refractivity contribution in [2.45, 2.75) is 36.9 Å². The molecule has 10 heteroatoms. The Bertz CT molecular complexity index is 1210. The molecule has 4 atom stereocenters. The summed E-state index contributed by atoms with van der Waals surface area (Å²) in [4.78, 5) is 52.4. The number of aromatic hydroxyl groups is 1. The average molecular weight is 455 g/mol. The molecule has 33 heavy (non-hydrogen) atoms. The molecule has 1 aromatic carbocycles. The van der Waals surface area contributed by atoms with Crippen LogP contribution < -0.4 is 11.5 Å². The number of nitrogens with two attached hydrogens (primary N) is 2. The number of aliphatic hydroxyl groups excluding tert-OH is 1. The summed E-state index contributed by atoms with van der Waals surface area (Å²) in [6.07, 6.45) is 1.11. The second kappa shape index (κ2) is 7.08. The van der Waals surface area contributed by atoms with Crippen molar-refractivity contribution in [1.29, 1.82) is 0 Å². The van der Waals surface area contributed by atoms with Gasteiger partial charge < -0.3 is 31.7 Å². The maximum atomic E-state index is 13.5. The van der Waals surface area contributed by atoms with Crippen LogP contribution in [0.15, 0.2) is 35.1 Å². The maximum Gasteiger partial charge on any atom is 0.252 e. The van der Waals surface area contributed by atoms with Gasteiger partial charge in [0, 0.05) is 17.5 Å². The van der Waals surface area contributed by atoms with Gasteiger partial charge in [0.25, 0.3) is 5.91 Å².